The van der Waals surface area contributed by atoms with Gasteiger partial charge in [0.05, 0.1) is 16.3 Å². The van der Waals surface area contributed by atoms with Gasteiger partial charge in [0.2, 0.25) is 0 Å². The van der Waals surface area contributed by atoms with Crippen LogP contribution in [0.3, 0.4) is 0 Å². The summed E-state index contributed by atoms with van der Waals surface area (Å²) in [4.78, 5) is 26.3. The van der Waals surface area contributed by atoms with E-state index >= 15 is 0 Å². The first-order valence-electron chi connectivity index (χ1n) is 6.62. The number of carboxylic acid groups (broad SMARTS) is 2. The number of benzene rings is 1. The molecule has 8 nitrogen and oxygen atoms in total. The van der Waals surface area contributed by atoms with Crippen molar-refractivity contribution >= 4 is 40.7 Å². The quantitative estimate of drug-likeness (QED) is 0.698. The van der Waals surface area contributed by atoms with E-state index in [-0.39, 0.29) is 22.8 Å². The lowest BCUT2D eigenvalue weighted by atomic mass is 10.2. The maximum atomic E-state index is 11.3. The molecule has 2 heterocycles. The molecular weight excluding hydrogens is 336 g/mol. The highest BCUT2D eigenvalue weighted by atomic mass is 35.5. The number of halogens is 1. The Bertz CT molecular complexity index is 996. The van der Waals surface area contributed by atoms with Gasteiger partial charge in [-0.05, 0) is 30.3 Å². The molecule has 3 aromatic rings. The molecule has 0 fully saturated rings. The average molecular weight is 345 g/mol. The number of aromatic carboxylic acids is 2. The van der Waals surface area contributed by atoms with E-state index in [0.717, 1.165) is 0 Å². The molecule has 0 aliphatic heterocycles. The van der Waals surface area contributed by atoms with Crippen LogP contribution in [-0.2, 0) is 0 Å². The molecule has 0 aliphatic rings. The van der Waals surface area contributed by atoms with Crippen LogP contribution in [0.15, 0.2) is 52.8 Å². The number of azo groups is 1. The Hall–Kier alpha value is -3.26. The van der Waals surface area contributed by atoms with Crippen molar-refractivity contribution in [3.63, 3.8) is 0 Å². The number of carboxylic acids is 2. The van der Waals surface area contributed by atoms with Gasteiger partial charge in [-0.25, -0.2) is 14.6 Å². The van der Waals surface area contributed by atoms with Crippen LogP contribution >= 0.6 is 11.6 Å². The summed E-state index contributed by atoms with van der Waals surface area (Å²) in [6.45, 7) is 0. The van der Waals surface area contributed by atoms with E-state index in [9.17, 15) is 14.7 Å². The van der Waals surface area contributed by atoms with Gasteiger partial charge >= 0.3 is 11.9 Å². The van der Waals surface area contributed by atoms with Crippen LogP contribution in [0.5, 0.6) is 0 Å². The minimum absolute atomic E-state index is 0.0132. The van der Waals surface area contributed by atoms with E-state index in [2.05, 4.69) is 15.2 Å². The fraction of sp³-hybridized carbons (Fsp3) is 0. The molecule has 0 saturated carbocycles. The monoisotopic (exact) mass is 344 g/mol. The number of hydrogen-bond acceptors (Lipinski definition) is 5. The molecule has 2 aromatic heterocycles. The van der Waals surface area contributed by atoms with E-state index in [1.807, 2.05) is 0 Å². The number of rotatable bonds is 4. The Kier molecular flexibility index (Phi) is 3.97. The standard InChI is InChI=1S/C15H9ClN4O4/c16-9-4-5-11-17-12(15(23)24)13(20(11)7-9)19-18-10-3-1-2-8(6-10)14(21)22/h1-7H,(H,21,22)(H,23,24). The van der Waals surface area contributed by atoms with Crippen LogP contribution in [0.4, 0.5) is 11.5 Å². The van der Waals surface area contributed by atoms with E-state index in [4.69, 9.17) is 16.7 Å². The molecule has 0 amide bonds. The molecule has 2 N–H and O–H groups in total. The van der Waals surface area contributed by atoms with Crippen molar-refractivity contribution in [1.29, 1.82) is 0 Å². The maximum absolute atomic E-state index is 11.3. The van der Waals surface area contributed by atoms with Crippen molar-refractivity contribution in [3.05, 3.63) is 58.9 Å². The molecule has 3 rings (SSSR count). The third-order valence-electron chi connectivity index (χ3n) is 3.11. The number of hydrogen-bond donors (Lipinski definition) is 2. The lowest BCUT2D eigenvalue weighted by molar-refractivity contribution is 0.0683. The van der Waals surface area contributed by atoms with Crippen molar-refractivity contribution in [3.8, 4) is 0 Å². The number of aromatic nitrogens is 2. The Morgan fingerprint density at radius 1 is 1.08 bits per heavy atom. The number of fused-ring (bicyclic) bond motifs is 1. The van der Waals surface area contributed by atoms with Crippen LogP contribution in [-0.4, -0.2) is 31.5 Å². The molecule has 120 valence electrons. The smallest absolute Gasteiger partial charge is 0.358 e. The van der Waals surface area contributed by atoms with Crippen LogP contribution in [0.2, 0.25) is 5.02 Å². The average Bonchev–Trinajstić information content (AvgIpc) is 2.91. The van der Waals surface area contributed by atoms with Gasteiger partial charge in [-0.3, -0.25) is 4.40 Å². The molecule has 1 aromatic carbocycles. The molecule has 24 heavy (non-hydrogen) atoms. The second-order valence-electron chi connectivity index (χ2n) is 4.72. The first-order valence-corrected chi connectivity index (χ1v) is 6.99. The van der Waals surface area contributed by atoms with Crippen molar-refractivity contribution < 1.29 is 19.8 Å². The summed E-state index contributed by atoms with van der Waals surface area (Å²) >= 11 is 5.92. The Morgan fingerprint density at radius 3 is 2.58 bits per heavy atom. The Labute approximate surface area is 139 Å². The largest absolute Gasteiger partial charge is 0.478 e. The van der Waals surface area contributed by atoms with Crippen molar-refractivity contribution in [1.82, 2.24) is 9.38 Å². The third kappa shape index (κ3) is 2.95. The lowest BCUT2D eigenvalue weighted by Gasteiger charge is -1.98. The lowest BCUT2D eigenvalue weighted by Crippen LogP contribution is -1.96. The first-order chi connectivity index (χ1) is 11.5. The highest BCUT2D eigenvalue weighted by Gasteiger charge is 2.18. The fourth-order valence-corrected chi connectivity index (χ4v) is 2.21. The molecule has 0 unspecified atom stereocenters. The molecule has 0 spiro atoms. The fourth-order valence-electron chi connectivity index (χ4n) is 2.05. The number of carbonyl (C=O) groups is 2. The zero-order valence-corrected chi connectivity index (χ0v) is 12.7. The molecule has 0 aliphatic carbocycles. The summed E-state index contributed by atoms with van der Waals surface area (Å²) in [5.41, 5.74) is 0.384. The second kappa shape index (κ2) is 6.09. The van der Waals surface area contributed by atoms with Gasteiger partial charge < -0.3 is 10.2 Å². The molecular formula is C15H9ClN4O4. The highest BCUT2D eigenvalue weighted by Crippen LogP contribution is 2.26. The highest BCUT2D eigenvalue weighted by molar-refractivity contribution is 6.30. The molecule has 0 bridgehead atoms. The summed E-state index contributed by atoms with van der Waals surface area (Å²) in [6, 6.07) is 8.93. The van der Waals surface area contributed by atoms with E-state index in [1.54, 1.807) is 18.2 Å². The van der Waals surface area contributed by atoms with E-state index in [0.29, 0.717) is 10.7 Å². The summed E-state index contributed by atoms with van der Waals surface area (Å²) in [5.74, 6) is -2.37. The van der Waals surface area contributed by atoms with Crippen LogP contribution in [0.1, 0.15) is 20.8 Å². The number of imidazole rings is 1. The molecule has 0 atom stereocenters. The van der Waals surface area contributed by atoms with Gasteiger partial charge in [-0.15, -0.1) is 10.2 Å². The van der Waals surface area contributed by atoms with E-state index in [1.165, 1.54) is 28.8 Å². The topological polar surface area (TPSA) is 117 Å². The number of pyridine rings is 1. The summed E-state index contributed by atoms with van der Waals surface area (Å²) in [5, 5.41) is 26.4. The maximum Gasteiger partial charge on any atom is 0.358 e. The summed E-state index contributed by atoms with van der Waals surface area (Å²) in [6.07, 6.45) is 1.47. The van der Waals surface area contributed by atoms with E-state index < -0.39 is 11.9 Å². The van der Waals surface area contributed by atoms with Crippen molar-refractivity contribution in [2.75, 3.05) is 0 Å². The number of nitrogens with zero attached hydrogens (tertiary/aromatic N) is 4. The first kappa shape index (κ1) is 15.6. The van der Waals surface area contributed by atoms with Gasteiger partial charge in [0.25, 0.3) is 0 Å². The summed E-state index contributed by atoms with van der Waals surface area (Å²) in [7, 11) is 0. The normalized spacial score (nSPS) is 11.2. The van der Waals surface area contributed by atoms with Crippen LogP contribution in [0, 0.1) is 0 Å². The summed E-state index contributed by atoms with van der Waals surface area (Å²) < 4.78 is 1.40. The van der Waals surface area contributed by atoms with Gasteiger partial charge in [0.1, 0.15) is 5.65 Å². The zero-order chi connectivity index (χ0) is 17.3. The van der Waals surface area contributed by atoms with Crippen LogP contribution < -0.4 is 0 Å². The van der Waals surface area contributed by atoms with Gasteiger partial charge in [-0.1, -0.05) is 17.7 Å². The Balaban J connectivity index is 2.10. The zero-order valence-electron chi connectivity index (χ0n) is 11.9. The minimum Gasteiger partial charge on any atom is -0.478 e. The van der Waals surface area contributed by atoms with Crippen molar-refractivity contribution in [2.24, 2.45) is 10.2 Å². The third-order valence-corrected chi connectivity index (χ3v) is 3.34. The predicted molar refractivity (Wildman–Crippen MR) is 84.7 cm³/mol. The second-order valence-corrected chi connectivity index (χ2v) is 5.16. The Morgan fingerprint density at radius 2 is 1.88 bits per heavy atom. The molecule has 9 heteroatoms. The van der Waals surface area contributed by atoms with Gasteiger partial charge in [0.15, 0.2) is 11.5 Å². The van der Waals surface area contributed by atoms with Crippen molar-refractivity contribution in [2.45, 2.75) is 0 Å². The van der Waals surface area contributed by atoms with Gasteiger partial charge in [-0.2, -0.15) is 0 Å². The molecule has 0 saturated heterocycles. The van der Waals surface area contributed by atoms with Crippen LogP contribution in [0.25, 0.3) is 5.65 Å². The minimum atomic E-state index is -1.26. The predicted octanol–water partition coefficient (Wildman–Crippen LogP) is 3.80. The SMILES string of the molecule is O=C(O)c1cccc(N=Nc2c(C(=O)O)nc3ccc(Cl)cn23)c1. The van der Waals surface area contributed by atoms with Gasteiger partial charge in [0, 0.05) is 6.20 Å². The molecule has 0 radical (unpaired) electrons.